The Morgan fingerprint density at radius 2 is 0.616 bits per heavy atom. The van der Waals surface area contributed by atoms with E-state index in [1.165, 1.54) is 52.6 Å². The van der Waals surface area contributed by atoms with Crippen molar-refractivity contribution in [3.63, 3.8) is 0 Å². The molecule has 10 heteroatoms. The predicted octanol–water partition coefficient (Wildman–Crippen LogP) is 15.5. The smallest absolute Gasteiger partial charge is 0.152 e. The van der Waals surface area contributed by atoms with E-state index in [4.69, 9.17) is 11.6 Å². The number of hydrogen-bond donors (Lipinski definition) is 0. The second-order valence-corrected chi connectivity index (χ2v) is 18.7. The summed E-state index contributed by atoms with van der Waals surface area (Å²) in [5, 5.41) is 34.4. The highest BCUT2D eigenvalue weighted by Crippen LogP contribution is 2.44. The van der Waals surface area contributed by atoms with Gasteiger partial charge >= 0.3 is 0 Å². The summed E-state index contributed by atoms with van der Waals surface area (Å²) < 4.78 is 0. The topological polar surface area (TPSA) is 116 Å². The lowest BCUT2D eigenvalue weighted by atomic mass is 9.95. The van der Waals surface area contributed by atoms with Gasteiger partial charge in [0.05, 0.1) is 11.4 Å². The quantitative estimate of drug-likeness (QED) is 0.147. The molecular formula is C63H46ClN9. The molecule has 2 aliphatic carbocycles. The number of halogens is 1. The molecule has 0 saturated heterocycles. The van der Waals surface area contributed by atoms with Crippen LogP contribution in [0.15, 0.2) is 219 Å². The zero-order chi connectivity index (χ0) is 48.9. The lowest BCUT2D eigenvalue weighted by molar-refractivity contribution is 0.917. The van der Waals surface area contributed by atoms with E-state index in [9.17, 15) is 0 Å². The van der Waals surface area contributed by atoms with E-state index < -0.39 is 0 Å². The first-order valence-corrected chi connectivity index (χ1v) is 24.9. The first-order chi connectivity index (χ1) is 36.1. The van der Waals surface area contributed by atoms with E-state index in [0.29, 0.717) is 17.0 Å². The van der Waals surface area contributed by atoms with Gasteiger partial charge in [0.15, 0.2) is 5.15 Å². The summed E-state index contributed by atoms with van der Waals surface area (Å²) in [7, 11) is 0. The van der Waals surface area contributed by atoms with Crippen LogP contribution >= 0.6 is 11.6 Å². The molecule has 73 heavy (non-hydrogen) atoms. The summed E-state index contributed by atoms with van der Waals surface area (Å²) in [6.07, 6.45) is 15.7. The largest absolute Gasteiger partial charge is 0.265 e. The highest BCUT2D eigenvalue weighted by Gasteiger charge is 2.28. The summed E-state index contributed by atoms with van der Waals surface area (Å²) in [5.74, 6) is 1.16. The van der Waals surface area contributed by atoms with Crippen LogP contribution in [0.25, 0.3) is 99.5 Å². The summed E-state index contributed by atoms with van der Waals surface area (Å²) in [6.45, 7) is 0. The van der Waals surface area contributed by atoms with Crippen molar-refractivity contribution in [2.24, 2.45) is 0 Å². The molecule has 0 bridgehead atoms. The lowest BCUT2D eigenvalue weighted by Crippen LogP contribution is -1.98. The summed E-state index contributed by atoms with van der Waals surface area (Å²) in [4.78, 5) is 12.4. The molecule has 6 aromatic heterocycles. The van der Waals surface area contributed by atoms with Crippen molar-refractivity contribution in [1.82, 2.24) is 45.5 Å². The molecule has 350 valence electrons. The molecule has 0 N–H and O–H groups in total. The molecule has 2 aliphatic rings. The number of pyridine rings is 3. The Bertz CT molecular complexity index is 3710. The van der Waals surface area contributed by atoms with Gasteiger partial charge in [-0.25, -0.2) is 0 Å². The van der Waals surface area contributed by atoms with E-state index in [2.05, 4.69) is 167 Å². The SMILES string of the molecule is Clc1cc(-c2ccncc2)c(-c2cccc3ccccc23)nn1.c1ccc2c(-c3nnc(C4CC4)cc3-c3ccncc3)cccc2c1.c1ccc2c(-c3nnc(C4CC4)cc3-c3ccncc3)cccc2c1. The Balaban J connectivity index is 0.000000112. The van der Waals surface area contributed by atoms with Crippen LogP contribution in [0, 0.1) is 0 Å². The van der Waals surface area contributed by atoms with Crippen molar-refractivity contribution in [3.8, 4) is 67.2 Å². The molecule has 0 amide bonds. The molecule has 12 aromatic rings. The first-order valence-electron chi connectivity index (χ1n) is 24.6. The van der Waals surface area contributed by atoms with Crippen LogP contribution in [0.2, 0.25) is 5.15 Å². The maximum absolute atomic E-state index is 6.08. The van der Waals surface area contributed by atoms with Gasteiger partial charge in [0.1, 0.15) is 17.1 Å². The Morgan fingerprint density at radius 3 is 0.973 bits per heavy atom. The molecule has 0 spiro atoms. The van der Waals surface area contributed by atoms with Crippen LogP contribution in [0.1, 0.15) is 48.9 Å². The maximum Gasteiger partial charge on any atom is 0.152 e. The highest BCUT2D eigenvalue weighted by molar-refractivity contribution is 6.29. The highest BCUT2D eigenvalue weighted by atomic mass is 35.5. The van der Waals surface area contributed by atoms with Crippen LogP contribution in [-0.4, -0.2) is 45.5 Å². The average Bonchev–Trinajstić information content (AvgIpc) is 4.42. The number of benzene rings is 6. The van der Waals surface area contributed by atoms with Gasteiger partial charge in [-0.05, 0) is 129 Å². The van der Waals surface area contributed by atoms with Gasteiger partial charge in [0.25, 0.3) is 0 Å². The molecule has 6 aromatic carbocycles. The lowest BCUT2D eigenvalue weighted by Gasteiger charge is -2.12. The molecule has 0 radical (unpaired) electrons. The molecule has 9 nitrogen and oxygen atoms in total. The second-order valence-electron chi connectivity index (χ2n) is 18.3. The minimum Gasteiger partial charge on any atom is -0.265 e. The van der Waals surface area contributed by atoms with Gasteiger partial charge < -0.3 is 0 Å². The Hall–Kier alpha value is -8.92. The fourth-order valence-electron chi connectivity index (χ4n) is 9.49. The summed E-state index contributed by atoms with van der Waals surface area (Å²) >= 11 is 6.08. The third-order valence-corrected chi connectivity index (χ3v) is 13.7. The third-order valence-electron chi connectivity index (χ3n) is 13.5. The summed E-state index contributed by atoms with van der Waals surface area (Å²) in [6, 6.07) is 62.4. The number of rotatable bonds is 8. The molecule has 14 rings (SSSR count). The van der Waals surface area contributed by atoms with Gasteiger partial charge in [-0.1, -0.05) is 139 Å². The Morgan fingerprint density at radius 1 is 0.301 bits per heavy atom. The Labute approximate surface area is 427 Å². The number of nitrogens with zero attached hydrogens (tertiary/aromatic N) is 9. The molecule has 6 heterocycles. The van der Waals surface area contributed by atoms with Crippen LogP contribution in [0.5, 0.6) is 0 Å². The normalized spacial score (nSPS) is 12.9. The van der Waals surface area contributed by atoms with Crippen molar-refractivity contribution in [1.29, 1.82) is 0 Å². The number of hydrogen-bond acceptors (Lipinski definition) is 9. The van der Waals surface area contributed by atoms with E-state index >= 15 is 0 Å². The zero-order valence-electron chi connectivity index (χ0n) is 39.7. The molecular weight excluding hydrogens is 918 g/mol. The molecule has 2 saturated carbocycles. The molecule has 0 unspecified atom stereocenters. The van der Waals surface area contributed by atoms with Crippen LogP contribution in [0.3, 0.4) is 0 Å². The van der Waals surface area contributed by atoms with E-state index in [-0.39, 0.29) is 0 Å². The zero-order valence-corrected chi connectivity index (χ0v) is 40.4. The summed E-state index contributed by atoms with van der Waals surface area (Å²) in [5.41, 5.74) is 14.7. The van der Waals surface area contributed by atoms with Crippen molar-refractivity contribution in [2.75, 3.05) is 0 Å². The number of fused-ring (bicyclic) bond motifs is 3. The second kappa shape index (κ2) is 20.4. The van der Waals surface area contributed by atoms with Crippen molar-refractivity contribution in [3.05, 3.63) is 236 Å². The van der Waals surface area contributed by atoms with Gasteiger partial charge in [-0.2, -0.15) is 10.2 Å². The molecule has 0 aliphatic heterocycles. The van der Waals surface area contributed by atoms with Crippen LogP contribution in [-0.2, 0) is 0 Å². The monoisotopic (exact) mass is 963 g/mol. The average molecular weight is 965 g/mol. The molecule has 2 fully saturated rings. The van der Waals surface area contributed by atoms with E-state index in [0.717, 1.165) is 83.9 Å². The Kier molecular flexibility index (Phi) is 12.7. The van der Waals surface area contributed by atoms with Crippen LogP contribution in [0.4, 0.5) is 0 Å². The first kappa shape index (κ1) is 45.2. The minimum atomic E-state index is 0.376. The van der Waals surface area contributed by atoms with E-state index in [1.807, 2.05) is 85.5 Å². The standard InChI is InChI=1S/2C22H17N3.C19H12ClN3/c2*1-2-6-18-15(4-1)5-3-7-19(18)22-20(16-10-12-23-13-11-16)14-21(24-25-22)17-8-9-17;20-18-12-17(14-8-10-21-11-9-14)19(23-22-18)16-7-3-5-13-4-1-2-6-15(13)16/h2*1-7,10-14,17H,8-9H2;1-12H. The van der Waals surface area contributed by atoms with Crippen molar-refractivity contribution < 1.29 is 0 Å². The van der Waals surface area contributed by atoms with E-state index in [1.54, 1.807) is 12.4 Å². The van der Waals surface area contributed by atoms with Crippen molar-refractivity contribution >= 4 is 43.9 Å². The third kappa shape index (κ3) is 9.79. The van der Waals surface area contributed by atoms with Gasteiger partial charge in [0.2, 0.25) is 0 Å². The minimum absolute atomic E-state index is 0.376. The van der Waals surface area contributed by atoms with Crippen molar-refractivity contribution in [2.45, 2.75) is 37.5 Å². The predicted molar refractivity (Wildman–Crippen MR) is 294 cm³/mol. The maximum atomic E-state index is 6.08. The molecule has 0 atom stereocenters. The van der Waals surface area contributed by atoms with Crippen LogP contribution < -0.4 is 0 Å². The fraction of sp³-hybridized carbons (Fsp3) is 0.0952. The van der Waals surface area contributed by atoms with Gasteiger partial charge in [0, 0.05) is 82.4 Å². The number of aromatic nitrogens is 9. The fourth-order valence-corrected chi connectivity index (χ4v) is 9.63. The van der Waals surface area contributed by atoms with Gasteiger partial charge in [-0.15, -0.1) is 20.4 Å². The van der Waals surface area contributed by atoms with Gasteiger partial charge in [-0.3, -0.25) is 15.0 Å².